The topological polar surface area (TPSA) is 60.2 Å². The first-order valence-corrected chi connectivity index (χ1v) is 7.15. The predicted octanol–water partition coefficient (Wildman–Crippen LogP) is 1.79. The second-order valence-corrected chi connectivity index (χ2v) is 7.16. The van der Waals surface area contributed by atoms with Crippen LogP contribution in [0.3, 0.4) is 0 Å². The molecular formula is C12H18FNO2S. The van der Waals surface area contributed by atoms with E-state index < -0.39 is 21.2 Å². The van der Waals surface area contributed by atoms with Crippen LogP contribution in [-0.4, -0.2) is 19.7 Å². The summed E-state index contributed by atoms with van der Waals surface area (Å²) in [5, 5.41) is 0. The maximum atomic E-state index is 13.0. The van der Waals surface area contributed by atoms with Gasteiger partial charge in [-0.3, -0.25) is 0 Å². The summed E-state index contributed by atoms with van der Waals surface area (Å²) in [5.41, 5.74) is 6.18. The Morgan fingerprint density at radius 1 is 1.35 bits per heavy atom. The molecule has 0 fully saturated rings. The minimum absolute atomic E-state index is 0.115. The molecule has 0 unspecified atom stereocenters. The normalized spacial score (nSPS) is 12.8. The molecule has 2 N–H and O–H groups in total. The van der Waals surface area contributed by atoms with Crippen molar-refractivity contribution in [2.45, 2.75) is 32.1 Å². The Labute approximate surface area is 102 Å². The summed E-state index contributed by atoms with van der Waals surface area (Å²) in [5.74, 6) is -0.708. The van der Waals surface area contributed by atoms with E-state index in [4.69, 9.17) is 5.73 Å². The fourth-order valence-corrected chi connectivity index (χ4v) is 3.67. The van der Waals surface area contributed by atoms with Crippen LogP contribution in [0.1, 0.15) is 25.0 Å². The highest BCUT2D eigenvalue weighted by molar-refractivity contribution is 7.90. The number of halogens is 1. The van der Waals surface area contributed by atoms with Crippen LogP contribution < -0.4 is 5.73 Å². The monoisotopic (exact) mass is 259 g/mol. The first-order valence-electron chi connectivity index (χ1n) is 5.33. The van der Waals surface area contributed by atoms with E-state index in [1.54, 1.807) is 26.8 Å². The fourth-order valence-electron chi connectivity index (χ4n) is 1.65. The third-order valence-electron chi connectivity index (χ3n) is 2.28. The summed E-state index contributed by atoms with van der Waals surface area (Å²) in [7, 11) is -3.32. The summed E-state index contributed by atoms with van der Waals surface area (Å²) < 4.78 is 36.8. The summed E-state index contributed by atoms with van der Waals surface area (Å²) >= 11 is 0. The minimum Gasteiger partial charge on any atom is -0.325 e. The third kappa shape index (κ3) is 4.83. The zero-order valence-electron chi connectivity index (χ0n) is 10.3. The highest BCUT2D eigenvalue weighted by atomic mass is 32.2. The van der Waals surface area contributed by atoms with Crippen molar-refractivity contribution in [3.05, 3.63) is 35.1 Å². The highest BCUT2D eigenvalue weighted by Gasteiger charge is 2.23. The summed E-state index contributed by atoms with van der Waals surface area (Å²) in [6.45, 7) is 5.07. The number of sulfone groups is 1. The molecule has 17 heavy (non-hydrogen) atoms. The number of hydrogen-bond donors (Lipinski definition) is 1. The maximum Gasteiger partial charge on any atom is 0.156 e. The van der Waals surface area contributed by atoms with Crippen molar-refractivity contribution in [3.8, 4) is 0 Å². The third-order valence-corrected chi connectivity index (χ3v) is 4.21. The Morgan fingerprint density at radius 2 is 1.94 bits per heavy atom. The van der Waals surface area contributed by atoms with Gasteiger partial charge < -0.3 is 5.73 Å². The molecule has 0 aliphatic carbocycles. The zero-order valence-corrected chi connectivity index (χ0v) is 11.1. The molecule has 0 radical (unpaired) electrons. The molecule has 0 aliphatic heterocycles. The quantitative estimate of drug-likeness (QED) is 0.896. The molecule has 0 heterocycles. The lowest BCUT2D eigenvalue weighted by Gasteiger charge is -2.18. The standard InChI is InChI=1S/C12H18FNO2S/c1-9-4-5-11(13)6-10(9)7-17(15,16)8-12(2,3)14/h4-6H,7-8,14H2,1-3H3. The second-order valence-electron chi connectivity index (χ2n) is 5.09. The summed E-state index contributed by atoms with van der Waals surface area (Å²) in [6.07, 6.45) is 0. The van der Waals surface area contributed by atoms with Gasteiger partial charge in [-0.05, 0) is 44.0 Å². The van der Waals surface area contributed by atoms with Gasteiger partial charge in [0.15, 0.2) is 9.84 Å². The van der Waals surface area contributed by atoms with Gasteiger partial charge in [-0.1, -0.05) is 6.07 Å². The van der Waals surface area contributed by atoms with E-state index in [2.05, 4.69) is 0 Å². The van der Waals surface area contributed by atoms with E-state index in [0.29, 0.717) is 5.56 Å². The SMILES string of the molecule is Cc1ccc(F)cc1CS(=O)(=O)CC(C)(C)N. The van der Waals surface area contributed by atoms with Crippen LogP contribution in [-0.2, 0) is 15.6 Å². The maximum absolute atomic E-state index is 13.0. The van der Waals surface area contributed by atoms with Gasteiger partial charge in [0.1, 0.15) is 5.82 Å². The number of nitrogens with two attached hydrogens (primary N) is 1. The highest BCUT2D eigenvalue weighted by Crippen LogP contribution is 2.16. The Balaban J connectivity index is 2.94. The van der Waals surface area contributed by atoms with E-state index in [9.17, 15) is 12.8 Å². The molecular weight excluding hydrogens is 241 g/mol. The molecule has 1 rings (SSSR count). The van der Waals surface area contributed by atoms with Crippen LogP contribution in [0.15, 0.2) is 18.2 Å². The van der Waals surface area contributed by atoms with E-state index in [1.165, 1.54) is 12.1 Å². The van der Waals surface area contributed by atoms with Crippen molar-refractivity contribution >= 4 is 9.84 Å². The van der Waals surface area contributed by atoms with Crippen LogP contribution in [0.2, 0.25) is 0 Å². The molecule has 1 aromatic carbocycles. The largest absolute Gasteiger partial charge is 0.325 e. The lowest BCUT2D eigenvalue weighted by molar-refractivity contribution is 0.543. The Morgan fingerprint density at radius 3 is 2.47 bits per heavy atom. The average Bonchev–Trinajstić information content (AvgIpc) is 2.06. The molecule has 0 aromatic heterocycles. The molecule has 96 valence electrons. The molecule has 3 nitrogen and oxygen atoms in total. The minimum atomic E-state index is -3.32. The first kappa shape index (κ1) is 14.1. The number of benzene rings is 1. The van der Waals surface area contributed by atoms with Crippen molar-refractivity contribution in [2.24, 2.45) is 5.73 Å². The molecule has 5 heteroatoms. The number of rotatable bonds is 4. The van der Waals surface area contributed by atoms with Crippen molar-refractivity contribution in [2.75, 3.05) is 5.75 Å². The van der Waals surface area contributed by atoms with Gasteiger partial charge in [-0.2, -0.15) is 0 Å². The smallest absolute Gasteiger partial charge is 0.156 e. The lowest BCUT2D eigenvalue weighted by Crippen LogP contribution is -2.40. The van der Waals surface area contributed by atoms with Crippen molar-refractivity contribution < 1.29 is 12.8 Å². The van der Waals surface area contributed by atoms with E-state index in [1.807, 2.05) is 0 Å². The van der Waals surface area contributed by atoms with Crippen LogP contribution in [0, 0.1) is 12.7 Å². The first-order chi connectivity index (χ1) is 7.59. The molecule has 0 spiro atoms. The van der Waals surface area contributed by atoms with Gasteiger partial charge >= 0.3 is 0 Å². The van der Waals surface area contributed by atoms with Crippen molar-refractivity contribution in [1.82, 2.24) is 0 Å². The molecule has 0 saturated heterocycles. The van der Waals surface area contributed by atoms with Crippen molar-refractivity contribution in [3.63, 3.8) is 0 Å². The average molecular weight is 259 g/mol. The van der Waals surface area contributed by atoms with Gasteiger partial charge in [-0.25, -0.2) is 12.8 Å². The summed E-state index contributed by atoms with van der Waals surface area (Å²) in [4.78, 5) is 0. The van der Waals surface area contributed by atoms with E-state index >= 15 is 0 Å². The lowest BCUT2D eigenvalue weighted by atomic mass is 10.1. The van der Waals surface area contributed by atoms with Gasteiger partial charge in [-0.15, -0.1) is 0 Å². The Bertz CT molecular complexity index is 504. The van der Waals surface area contributed by atoms with Crippen LogP contribution in [0.4, 0.5) is 4.39 Å². The number of hydrogen-bond acceptors (Lipinski definition) is 3. The predicted molar refractivity (Wildman–Crippen MR) is 66.9 cm³/mol. The van der Waals surface area contributed by atoms with Crippen LogP contribution in [0.5, 0.6) is 0 Å². The Hall–Kier alpha value is -0.940. The fraction of sp³-hybridized carbons (Fsp3) is 0.500. The molecule has 1 aromatic rings. The molecule has 0 atom stereocenters. The molecule has 0 aliphatic rings. The van der Waals surface area contributed by atoms with Gasteiger partial charge in [0.2, 0.25) is 0 Å². The van der Waals surface area contributed by atoms with Gasteiger partial charge in [0.05, 0.1) is 11.5 Å². The zero-order chi connectivity index (χ0) is 13.3. The van der Waals surface area contributed by atoms with E-state index in [0.717, 1.165) is 5.56 Å². The molecule has 0 bridgehead atoms. The number of aryl methyl sites for hydroxylation is 1. The molecule has 0 amide bonds. The van der Waals surface area contributed by atoms with Gasteiger partial charge in [0, 0.05) is 5.54 Å². The Kier molecular flexibility index (Phi) is 3.94. The van der Waals surface area contributed by atoms with E-state index in [-0.39, 0.29) is 11.5 Å². The molecule has 0 saturated carbocycles. The summed E-state index contributed by atoms with van der Waals surface area (Å²) in [6, 6.07) is 4.16. The van der Waals surface area contributed by atoms with Crippen LogP contribution in [0.25, 0.3) is 0 Å². The van der Waals surface area contributed by atoms with Crippen LogP contribution >= 0.6 is 0 Å². The van der Waals surface area contributed by atoms with Gasteiger partial charge in [0.25, 0.3) is 0 Å². The second kappa shape index (κ2) is 4.74. The van der Waals surface area contributed by atoms with Crippen molar-refractivity contribution in [1.29, 1.82) is 0 Å².